The van der Waals surface area contributed by atoms with E-state index < -0.39 is 10.0 Å². The molecule has 0 spiro atoms. The van der Waals surface area contributed by atoms with E-state index in [2.05, 4.69) is 5.32 Å². The van der Waals surface area contributed by atoms with Crippen LogP contribution < -0.4 is 9.62 Å². The minimum atomic E-state index is -3.49. The molecule has 0 aliphatic carbocycles. The monoisotopic (exact) mass is 464 g/mol. The summed E-state index contributed by atoms with van der Waals surface area (Å²) in [5, 5.41) is 3.78. The lowest BCUT2D eigenvalue weighted by molar-refractivity contribution is 0.103. The number of benzene rings is 3. The van der Waals surface area contributed by atoms with Crippen molar-refractivity contribution in [3.8, 4) is 0 Å². The van der Waals surface area contributed by atoms with Crippen molar-refractivity contribution < 1.29 is 13.2 Å². The maximum Gasteiger partial charge on any atom is 0.265 e. The normalized spacial score (nSPS) is 11.5. The minimum Gasteiger partial charge on any atom is -0.321 e. The number of carbonyl (C=O) groups is 1. The fourth-order valence-electron chi connectivity index (χ4n) is 3.46. The van der Waals surface area contributed by atoms with Gasteiger partial charge in [0.05, 0.1) is 23.4 Å². The van der Waals surface area contributed by atoms with Crippen LogP contribution >= 0.6 is 11.3 Å². The smallest absolute Gasteiger partial charge is 0.265 e. The molecule has 4 rings (SSSR count). The Morgan fingerprint density at radius 2 is 1.69 bits per heavy atom. The molecule has 7 heteroatoms. The number of thiophene rings is 1. The first kappa shape index (κ1) is 22.0. The molecule has 0 fully saturated rings. The number of amides is 1. The van der Waals surface area contributed by atoms with Crippen molar-refractivity contribution in [3.63, 3.8) is 0 Å². The lowest BCUT2D eigenvalue weighted by Crippen LogP contribution is -2.29. The van der Waals surface area contributed by atoms with Crippen LogP contribution in [0.4, 0.5) is 11.4 Å². The first-order valence-corrected chi connectivity index (χ1v) is 12.8. The summed E-state index contributed by atoms with van der Waals surface area (Å²) in [5.41, 5.74) is 4.51. The Kier molecular flexibility index (Phi) is 6.04. The van der Waals surface area contributed by atoms with Gasteiger partial charge < -0.3 is 5.32 Å². The lowest BCUT2D eigenvalue weighted by Gasteiger charge is -2.22. The zero-order chi connectivity index (χ0) is 22.9. The van der Waals surface area contributed by atoms with Gasteiger partial charge in [0.25, 0.3) is 5.91 Å². The summed E-state index contributed by atoms with van der Waals surface area (Å²) in [5.74, 6) is -0.180. The largest absolute Gasteiger partial charge is 0.321 e. The zero-order valence-corrected chi connectivity index (χ0v) is 19.8. The molecule has 0 saturated heterocycles. The number of carbonyl (C=O) groups excluding carboxylic acids is 1. The number of sulfonamides is 1. The average Bonchev–Trinajstić information content (AvgIpc) is 3.18. The van der Waals surface area contributed by atoms with E-state index in [4.69, 9.17) is 0 Å². The predicted molar refractivity (Wildman–Crippen MR) is 133 cm³/mol. The van der Waals surface area contributed by atoms with Gasteiger partial charge in [-0.1, -0.05) is 36.4 Å². The summed E-state index contributed by atoms with van der Waals surface area (Å²) < 4.78 is 27.3. The second-order valence-electron chi connectivity index (χ2n) is 7.84. The highest BCUT2D eigenvalue weighted by atomic mass is 32.2. The van der Waals surface area contributed by atoms with Gasteiger partial charge in [-0.05, 0) is 72.3 Å². The topological polar surface area (TPSA) is 66.5 Å². The molecule has 5 nitrogen and oxygen atoms in total. The van der Waals surface area contributed by atoms with Crippen LogP contribution in [0.15, 0.2) is 72.8 Å². The maximum absolute atomic E-state index is 12.8. The van der Waals surface area contributed by atoms with Crippen LogP contribution in [0.3, 0.4) is 0 Å². The van der Waals surface area contributed by atoms with Crippen molar-refractivity contribution in [2.45, 2.75) is 20.4 Å². The molecule has 1 N–H and O–H groups in total. The number of aryl methyl sites for hydroxylation is 2. The fourth-order valence-corrected chi connectivity index (χ4v) is 5.28. The molecule has 4 aromatic rings. The van der Waals surface area contributed by atoms with Crippen molar-refractivity contribution in [2.24, 2.45) is 0 Å². The molecule has 0 atom stereocenters. The third kappa shape index (κ3) is 4.84. The standard InChI is InChI=1S/C25H24N2O3S2/c1-17-9-10-21(13-18(17)2)26-25(28)24-15-20-14-22(11-12-23(20)31-24)27(32(3,29)30)16-19-7-5-4-6-8-19/h4-15H,16H2,1-3H3,(H,26,28). The van der Waals surface area contributed by atoms with Crippen molar-refractivity contribution >= 4 is 48.7 Å². The van der Waals surface area contributed by atoms with E-state index in [1.54, 1.807) is 6.07 Å². The number of hydrogen-bond acceptors (Lipinski definition) is 4. The van der Waals surface area contributed by atoms with Crippen LogP contribution in [0.1, 0.15) is 26.4 Å². The van der Waals surface area contributed by atoms with E-state index >= 15 is 0 Å². The molecule has 164 valence electrons. The summed E-state index contributed by atoms with van der Waals surface area (Å²) in [6, 6.07) is 22.6. The molecule has 0 radical (unpaired) electrons. The number of nitrogens with one attached hydrogen (secondary N) is 1. The first-order chi connectivity index (χ1) is 15.2. The fraction of sp³-hybridized carbons (Fsp3) is 0.160. The number of hydrogen-bond donors (Lipinski definition) is 1. The molecule has 0 aliphatic heterocycles. The van der Waals surface area contributed by atoms with Gasteiger partial charge in [-0.15, -0.1) is 11.3 Å². The van der Waals surface area contributed by atoms with Crippen LogP contribution in [0.5, 0.6) is 0 Å². The van der Waals surface area contributed by atoms with Gasteiger partial charge in [0.1, 0.15) is 0 Å². The SMILES string of the molecule is Cc1ccc(NC(=O)c2cc3cc(N(Cc4ccccc4)S(C)(=O)=O)ccc3s2)cc1C. The minimum absolute atomic E-state index is 0.180. The van der Waals surface area contributed by atoms with Gasteiger partial charge in [-0.2, -0.15) is 0 Å². The van der Waals surface area contributed by atoms with Crippen LogP contribution in [-0.4, -0.2) is 20.6 Å². The Balaban J connectivity index is 1.62. The molecule has 3 aromatic carbocycles. The van der Waals surface area contributed by atoms with Gasteiger partial charge in [0, 0.05) is 10.4 Å². The molecular formula is C25H24N2O3S2. The van der Waals surface area contributed by atoms with Crippen molar-refractivity contribution in [2.75, 3.05) is 15.9 Å². The third-order valence-corrected chi connectivity index (χ3v) is 7.60. The second kappa shape index (κ2) is 8.76. The molecule has 1 aromatic heterocycles. The van der Waals surface area contributed by atoms with Crippen molar-refractivity contribution in [1.82, 2.24) is 0 Å². The van der Waals surface area contributed by atoms with E-state index in [9.17, 15) is 13.2 Å². The Morgan fingerprint density at radius 1 is 0.938 bits per heavy atom. The van der Waals surface area contributed by atoms with Gasteiger partial charge >= 0.3 is 0 Å². The third-order valence-electron chi connectivity index (χ3n) is 5.35. The summed E-state index contributed by atoms with van der Waals surface area (Å²) in [6.45, 7) is 4.28. The van der Waals surface area contributed by atoms with Crippen LogP contribution in [0, 0.1) is 13.8 Å². The number of anilines is 2. The Hall–Kier alpha value is -3.16. The summed E-state index contributed by atoms with van der Waals surface area (Å²) >= 11 is 1.38. The quantitative estimate of drug-likeness (QED) is 0.396. The van der Waals surface area contributed by atoms with Gasteiger partial charge in [-0.3, -0.25) is 9.10 Å². The van der Waals surface area contributed by atoms with Crippen molar-refractivity contribution in [1.29, 1.82) is 0 Å². The van der Waals surface area contributed by atoms with Crippen LogP contribution in [0.2, 0.25) is 0 Å². The lowest BCUT2D eigenvalue weighted by atomic mass is 10.1. The molecular weight excluding hydrogens is 440 g/mol. The van der Waals surface area contributed by atoms with E-state index in [1.165, 1.54) is 27.5 Å². The molecule has 0 aliphatic rings. The molecule has 0 saturated carbocycles. The summed E-state index contributed by atoms with van der Waals surface area (Å²) in [4.78, 5) is 13.4. The molecule has 32 heavy (non-hydrogen) atoms. The maximum atomic E-state index is 12.8. The molecule has 0 unspecified atom stereocenters. The van der Waals surface area contributed by atoms with Gasteiger partial charge in [-0.25, -0.2) is 8.42 Å². The van der Waals surface area contributed by atoms with E-state index in [0.29, 0.717) is 10.6 Å². The van der Waals surface area contributed by atoms with Crippen molar-refractivity contribution in [3.05, 3.63) is 94.4 Å². The summed E-state index contributed by atoms with van der Waals surface area (Å²) in [6.07, 6.45) is 1.20. The molecule has 0 bridgehead atoms. The Bertz CT molecular complexity index is 1390. The Morgan fingerprint density at radius 3 is 2.38 bits per heavy atom. The van der Waals surface area contributed by atoms with E-state index in [-0.39, 0.29) is 12.5 Å². The number of nitrogens with zero attached hydrogens (tertiary/aromatic N) is 1. The van der Waals surface area contributed by atoms with Gasteiger partial charge in [0.2, 0.25) is 10.0 Å². The number of rotatable bonds is 6. The summed E-state index contributed by atoms with van der Waals surface area (Å²) in [7, 11) is -3.49. The van der Waals surface area contributed by atoms with E-state index in [1.807, 2.05) is 80.6 Å². The first-order valence-electron chi connectivity index (χ1n) is 10.1. The highest BCUT2D eigenvalue weighted by molar-refractivity contribution is 7.92. The highest BCUT2D eigenvalue weighted by Crippen LogP contribution is 2.31. The molecule has 1 heterocycles. The second-order valence-corrected chi connectivity index (χ2v) is 10.8. The molecule has 1 amide bonds. The van der Waals surface area contributed by atoms with Crippen LogP contribution in [-0.2, 0) is 16.6 Å². The zero-order valence-electron chi connectivity index (χ0n) is 18.1. The average molecular weight is 465 g/mol. The van der Waals surface area contributed by atoms with Crippen LogP contribution in [0.25, 0.3) is 10.1 Å². The number of fused-ring (bicyclic) bond motifs is 1. The van der Waals surface area contributed by atoms with E-state index in [0.717, 1.165) is 26.9 Å². The van der Waals surface area contributed by atoms with Gasteiger partial charge in [0.15, 0.2) is 0 Å². The highest BCUT2D eigenvalue weighted by Gasteiger charge is 2.19. The predicted octanol–water partition coefficient (Wildman–Crippen LogP) is 5.74. The Labute approximate surface area is 192 Å².